The van der Waals surface area contributed by atoms with Crippen LogP contribution in [0.1, 0.15) is 53.3 Å². The largest absolute Gasteiger partial charge is 0.493 e. The second-order valence-electron chi connectivity index (χ2n) is 6.41. The summed E-state index contributed by atoms with van der Waals surface area (Å²) >= 11 is 0. The Kier molecular flexibility index (Phi) is 2.88. The Morgan fingerprint density at radius 1 is 1.35 bits per heavy atom. The van der Waals surface area contributed by atoms with Crippen molar-refractivity contribution in [2.24, 2.45) is 11.8 Å². The quantitative estimate of drug-likeness (QED) is 0.923. The molecule has 0 saturated carbocycles. The molecule has 0 aromatic heterocycles. The molecule has 2 aliphatic heterocycles. The first-order valence-electron chi connectivity index (χ1n) is 11.5. The van der Waals surface area contributed by atoms with Crippen molar-refractivity contribution >= 4 is 0 Å². The molecule has 1 aromatic rings. The SMILES string of the molecule is [2H]C([2H])([2H])C([2H])(C[C@@H]1CN2CCc3cc(OC)c(OC)cc3[C@H]2C[C@@H]1O)C([2H])([2H])[2H]. The summed E-state index contributed by atoms with van der Waals surface area (Å²) in [5.41, 5.74) is 2.14. The molecule has 1 N–H and O–H groups in total. The Morgan fingerprint density at radius 2 is 2.09 bits per heavy atom. The van der Waals surface area contributed by atoms with Gasteiger partial charge in [0.05, 0.1) is 20.3 Å². The van der Waals surface area contributed by atoms with Gasteiger partial charge in [0, 0.05) is 28.7 Å². The highest BCUT2D eigenvalue weighted by Crippen LogP contribution is 2.43. The molecule has 2 heterocycles. The highest BCUT2D eigenvalue weighted by atomic mass is 16.5. The predicted octanol–water partition coefficient (Wildman–Crippen LogP) is 3.03. The van der Waals surface area contributed by atoms with Crippen LogP contribution in [0, 0.1) is 11.8 Å². The van der Waals surface area contributed by atoms with Gasteiger partial charge in [-0.15, -0.1) is 0 Å². The monoisotopic (exact) mass is 326 g/mol. The van der Waals surface area contributed by atoms with E-state index in [1.54, 1.807) is 14.2 Å². The van der Waals surface area contributed by atoms with Crippen molar-refractivity contribution in [1.29, 1.82) is 0 Å². The second kappa shape index (κ2) is 6.70. The molecular formula is C19H29NO3. The summed E-state index contributed by atoms with van der Waals surface area (Å²) in [5.74, 6) is -1.98. The van der Waals surface area contributed by atoms with Crippen LogP contribution in [0.3, 0.4) is 0 Å². The Labute approximate surface area is 149 Å². The third-order valence-electron chi connectivity index (χ3n) is 5.06. The average Bonchev–Trinajstić information content (AvgIpc) is 2.65. The lowest BCUT2D eigenvalue weighted by Crippen LogP contribution is -2.48. The van der Waals surface area contributed by atoms with Gasteiger partial charge in [-0.25, -0.2) is 0 Å². The van der Waals surface area contributed by atoms with E-state index in [4.69, 9.17) is 19.1 Å². The summed E-state index contributed by atoms with van der Waals surface area (Å²) in [7, 11) is 3.14. The minimum absolute atomic E-state index is 0.0829. The molecule has 4 nitrogen and oxygen atoms in total. The van der Waals surface area contributed by atoms with Gasteiger partial charge in [-0.05, 0) is 54.3 Å². The molecule has 0 unspecified atom stereocenters. The third kappa shape index (κ3) is 3.20. The molecule has 0 bridgehead atoms. The number of rotatable bonds is 4. The van der Waals surface area contributed by atoms with E-state index < -0.39 is 38.0 Å². The molecule has 4 heteroatoms. The van der Waals surface area contributed by atoms with Crippen LogP contribution < -0.4 is 9.47 Å². The molecule has 1 saturated heterocycles. The minimum Gasteiger partial charge on any atom is -0.493 e. The number of aliphatic hydroxyl groups is 1. The normalized spacial score (nSPS) is 33.5. The number of piperidine rings is 1. The zero-order valence-electron chi connectivity index (χ0n) is 20.6. The molecule has 3 atom stereocenters. The topological polar surface area (TPSA) is 41.9 Å². The molecule has 0 spiro atoms. The summed E-state index contributed by atoms with van der Waals surface area (Å²) in [5, 5.41) is 10.8. The van der Waals surface area contributed by atoms with Gasteiger partial charge < -0.3 is 14.6 Å². The van der Waals surface area contributed by atoms with Gasteiger partial charge in [-0.1, -0.05) is 13.7 Å². The zero-order valence-corrected chi connectivity index (χ0v) is 13.6. The molecule has 1 aromatic carbocycles. The van der Waals surface area contributed by atoms with Crippen molar-refractivity contribution in [3.05, 3.63) is 23.3 Å². The van der Waals surface area contributed by atoms with Crippen molar-refractivity contribution < 1.29 is 24.2 Å². The van der Waals surface area contributed by atoms with Crippen LogP contribution in [0.2, 0.25) is 0 Å². The fraction of sp³-hybridized carbons (Fsp3) is 0.684. The molecule has 2 aliphatic rings. The Morgan fingerprint density at radius 3 is 2.78 bits per heavy atom. The van der Waals surface area contributed by atoms with Crippen LogP contribution in [0.5, 0.6) is 11.5 Å². The lowest BCUT2D eigenvalue weighted by atomic mass is 9.79. The van der Waals surface area contributed by atoms with E-state index in [1.165, 1.54) is 0 Å². The maximum absolute atomic E-state index is 10.8. The lowest BCUT2D eigenvalue weighted by Gasteiger charge is -2.46. The number of benzene rings is 1. The first-order chi connectivity index (χ1) is 13.8. The first kappa shape index (κ1) is 9.90. The summed E-state index contributed by atoms with van der Waals surface area (Å²) in [6, 6.07) is 3.78. The van der Waals surface area contributed by atoms with Crippen LogP contribution in [-0.4, -0.2) is 43.4 Å². The molecule has 1 fully saturated rings. The average molecular weight is 326 g/mol. The van der Waals surface area contributed by atoms with E-state index >= 15 is 0 Å². The maximum Gasteiger partial charge on any atom is 0.161 e. The highest BCUT2D eigenvalue weighted by molar-refractivity contribution is 5.49. The second-order valence-corrected chi connectivity index (χ2v) is 6.41. The van der Waals surface area contributed by atoms with E-state index in [2.05, 4.69) is 4.90 Å². The summed E-state index contributed by atoms with van der Waals surface area (Å²) < 4.78 is 65.0. The van der Waals surface area contributed by atoms with E-state index in [0.29, 0.717) is 31.0 Å². The van der Waals surface area contributed by atoms with Gasteiger partial charge in [0.25, 0.3) is 0 Å². The van der Waals surface area contributed by atoms with Gasteiger partial charge in [-0.3, -0.25) is 4.90 Å². The fourth-order valence-electron chi connectivity index (χ4n) is 3.88. The first-order valence-corrected chi connectivity index (χ1v) is 7.99. The highest BCUT2D eigenvalue weighted by Gasteiger charge is 2.38. The Balaban J connectivity index is 1.86. The van der Waals surface area contributed by atoms with E-state index in [1.807, 2.05) is 12.1 Å². The van der Waals surface area contributed by atoms with Crippen LogP contribution in [0.4, 0.5) is 0 Å². The molecule has 0 radical (unpaired) electrons. The smallest absolute Gasteiger partial charge is 0.161 e. The van der Waals surface area contributed by atoms with Crippen molar-refractivity contribution in [2.45, 2.75) is 45.1 Å². The van der Waals surface area contributed by atoms with Crippen molar-refractivity contribution in [3.8, 4) is 11.5 Å². The molecule has 0 aliphatic carbocycles. The molecule has 3 rings (SSSR count). The molecular weight excluding hydrogens is 290 g/mol. The number of fused-ring (bicyclic) bond motifs is 3. The van der Waals surface area contributed by atoms with Crippen LogP contribution in [-0.2, 0) is 6.42 Å². The van der Waals surface area contributed by atoms with E-state index in [9.17, 15) is 5.11 Å². The maximum atomic E-state index is 10.8. The molecule has 0 amide bonds. The van der Waals surface area contributed by atoms with Crippen molar-refractivity contribution in [3.63, 3.8) is 0 Å². The third-order valence-corrected chi connectivity index (χ3v) is 5.06. The van der Waals surface area contributed by atoms with Gasteiger partial charge in [0.1, 0.15) is 0 Å². The molecule has 128 valence electrons. The number of methoxy groups -OCH3 is 2. The predicted molar refractivity (Wildman–Crippen MR) is 91.1 cm³/mol. The van der Waals surface area contributed by atoms with Crippen molar-refractivity contribution in [2.75, 3.05) is 27.3 Å². The number of hydrogen-bond donors (Lipinski definition) is 1. The number of aliphatic hydroxyl groups excluding tert-OH is 1. The van der Waals surface area contributed by atoms with Gasteiger partial charge in [-0.2, -0.15) is 0 Å². The minimum atomic E-state index is -2.98. The van der Waals surface area contributed by atoms with Crippen LogP contribution in [0.15, 0.2) is 12.1 Å². The Hall–Kier alpha value is -1.26. The summed E-state index contributed by atoms with van der Waals surface area (Å²) in [6.45, 7) is -4.92. The van der Waals surface area contributed by atoms with Gasteiger partial charge >= 0.3 is 0 Å². The summed E-state index contributed by atoms with van der Waals surface area (Å²) in [6.07, 6.45) is -0.228. The molecule has 23 heavy (non-hydrogen) atoms. The standard InChI is InChI=1S/C19H29NO3/c1-12(2)7-14-11-20-6-5-13-8-18(22-3)19(23-4)9-15(13)16(20)10-17(14)21/h8-9,12,14,16-17,21H,5-7,10-11H2,1-4H3/t14-,16-,17+/m1/s1/i1D3,2D3,12D. The Bertz CT molecular complexity index is 767. The van der Waals surface area contributed by atoms with Crippen LogP contribution in [0.25, 0.3) is 0 Å². The summed E-state index contributed by atoms with van der Waals surface area (Å²) in [4.78, 5) is 2.14. The van der Waals surface area contributed by atoms with E-state index in [-0.39, 0.29) is 6.04 Å². The van der Waals surface area contributed by atoms with Gasteiger partial charge in [0.15, 0.2) is 11.5 Å². The van der Waals surface area contributed by atoms with E-state index in [0.717, 1.165) is 17.5 Å². The van der Waals surface area contributed by atoms with Crippen molar-refractivity contribution in [1.82, 2.24) is 4.90 Å². The fourth-order valence-corrected chi connectivity index (χ4v) is 3.88. The lowest BCUT2D eigenvalue weighted by molar-refractivity contribution is -0.0191. The van der Waals surface area contributed by atoms with Gasteiger partial charge in [0.2, 0.25) is 0 Å². The number of ether oxygens (including phenoxy) is 2. The number of nitrogens with zero attached hydrogens (tertiary/aromatic N) is 1. The van der Waals surface area contributed by atoms with Crippen LogP contribution >= 0.6 is 0 Å². The zero-order chi connectivity index (χ0) is 22.5. The number of hydrogen-bond acceptors (Lipinski definition) is 4.